The highest BCUT2D eigenvalue weighted by atomic mass is 31.2. The third kappa shape index (κ3) is 9.62. The molecule has 0 aromatic carbocycles. The van der Waals surface area contributed by atoms with Crippen LogP contribution in [0, 0.1) is 0 Å². The Morgan fingerprint density at radius 3 is 2.47 bits per heavy atom. The summed E-state index contributed by atoms with van der Waals surface area (Å²) in [5.41, 5.74) is 0.478. The van der Waals surface area contributed by atoms with Gasteiger partial charge in [-0.2, -0.15) is 0 Å². The Hall–Kier alpha value is -0.940. The fourth-order valence-electron chi connectivity index (χ4n) is 1.47. The minimum atomic E-state index is -4.36. The quantitative estimate of drug-likeness (QED) is 0.278. The number of hydrogen-bond donors (Lipinski definition) is 2. The van der Waals surface area contributed by atoms with E-state index in [0.29, 0.717) is 25.1 Å². The lowest BCUT2D eigenvalue weighted by Gasteiger charge is -2.21. The molecule has 0 unspecified atom stereocenters. The summed E-state index contributed by atoms with van der Waals surface area (Å²) in [5, 5.41) is 0. The Kier molecular flexibility index (Phi) is 8.59. The summed E-state index contributed by atoms with van der Waals surface area (Å²) in [4.78, 5) is 30.3. The topological polar surface area (TPSA) is 87.1 Å². The summed E-state index contributed by atoms with van der Waals surface area (Å²) in [5.74, 6) is -0.105. The zero-order valence-corrected chi connectivity index (χ0v) is 12.1. The van der Waals surface area contributed by atoms with Crippen LogP contribution in [0.25, 0.3) is 0 Å². The van der Waals surface area contributed by atoms with Gasteiger partial charge in [0.05, 0.1) is 6.61 Å². The highest BCUT2D eigenvalue weighted by Crippen LogP contribution is 2.35. The molecule has 0 atom stereocenters. The fourth-order valence-corrected chi connectivity index (χ4v) is 1.83. The predicted octanol–water partition coefficient (Wildman–Crippen LogP) is 1.86. The number of unbranched alkanes of at least 4 members (excludes halogenated alkanes) is 2. The minimum absolute atomic E-state index is 0.0141. The summed E-state index contributed by atoms with van der Waals surface area (Å²) >= 11 is 0. The summed E-state index contributed by atoms with van der Waals surface area (Å²) in [6, 6.07) is 0. The first-order valence-corrected chi connectivity index (χ1v) is 7.56. The van der Waals surface area contributed by atoms with E-state index in [-0.39, 0.29) is 12.5 Å². The largest absolute Gasteiger partial charge is 0.469 e. The minimum Gasteiger partial charge on any atom is -0.335 e. The normalized spacial score (nSPS) is 11.1. The van der Waals surface area contributed by atoms with E-state index in [2.05, 4.69) is 17.7 Å². The van der Waals surface area contributed by atoms with Gasteiger partial charge in [0.1, 0.15) is 0 Å². The van der Waals surface area contributed by atoms with Gasteiger partial charge < -0.3 is 14.7 Å². The summed E-state index contributed by atoms with van der Waals surface area (Å²) in [6.45, 7) is 9.91. The van der Waals surface area contributed by atoms with Gasteiger partial charge in [-0.15, -0.1) is 6.58 Å². The lowest BCUT2D eigenvalue weighted by Crippen LogP contribution is -2.32. The summed E-state index contributed by atoms with van der Waals surface area (Å²) in [6.07, 6.45) is 3.64. The highest BCUT2D eigenvalue weighted by Gasteiger charge is 2.13. The van der Waals surface area contributed by atoms with Crippen molar-refractivity contribution in [2.24, 2.45) is 0 Å². The number of nitrogens with zero attached hydrogens (tertiary/aromatic N) is 1. The summed E-state index contributed by atoms with van der Waals surface area (Å²) < 4.78 is 14.7. The smallest absolute Gasteiger partial charge is 0.335 e. The van der Waals surface area contributed by atoms with E-state index in [4.69, 9.17) is 9.79 Å². The molecule has 0 aliphatic carbocycles. The molecule has 0 bridgehead atoms. The molecule has 0 spiro atoms. The zero-order chi connectivity index (χ0) is 14.9. The van der Waals surface area contributed by atoms with Crippen LogP contribution in [0.1, 0.15) is 26.2 Å². The van der Waals surface area contributed by atoms with Crippen molar-refractivity contribution in [1.29, 1.82) is 0 Å². The molecule has 0 rings (SSSR count). The maximum atomic E-state index is 11.7. The maximum absolute atomic E-state index is 11.7. The van der Waals surface area contributed by atoms with Crippen molar-refractivity contribution >= 4 is 13.7 Å². The number of hydrogen-bond acceptors (Lipinski definition) is 3. The number of carbonyl (C=O) groups excluding carboxylic acids is 1. The first-order chi connectivity index (χ1) is 8.78. The van der Waals surface area contributed by atoms with Crippen LogP contribution in [0.4, 0.5) is 0 Å². The second kappa shape index (κ2) is 9.04. The molecule has 0 saturated heterocycles. The van der Waals surface area contributed by atoms with Gasteiger partial charge >= 0.3 is 7.82 Å². The molecular weight excluding hydrogens is 269 g/mol. The molecular formula is C12H22NO5P. The van der Waals surface area contributed by atoms with Crippen molar-refractivity contribution in [2.45, 2.75) is 26.2 Å². The van der Waals surface area contributed by atoms with Gasteiger partial charge in [0.25, 0.3) is 0 Å². The van der Waals surface area contributed by atoms with Crippen LogP contribution in [0.3, 0.4) is 0 Å². The zero-order valence-electron chi connectivity index (χ0n) is 11.2. The molecule has 0 saturated carbocycles. The first kappa shape index (κ1) is 18.1. The SMILES string of the molecule is C=CCN(CCCCCOP(=O)(O)O)C(=O)C(=C)C. The van der Waals surface area contributed by atoms with Crippen LogP contribution in [-0.2, 0) is 13.9 Å². The molecule has 0 aliphatic rings. The van der Waals surface area contributed by atoms with Gasteiger partial charge in [-0.1, -0.05) is 12.7 Å². The summed E-state index contributed by atoms with van der Waals surface area (Å²) in [7, 11) is -4.36. The molecule has 2 N–H and O–H groups in total. The van der Waals surface area contributed by atoms with Crippen molar-refractivity contribution in [1.82, 2.24) is 4.90 Å². The second-order valence-corrected chi connectivity index (χ2v) is 5.44. The van der Waals surface area contributed by atoms with Gasteiger partial charge in [0.2, 0.25) is 5.91 Å². The van der Waals surface area contributed by atoms with Crippen LogP contribution < -0.4 is 0 Å². The molecule has 0 aliphatic heterocycles. The molecule has 19 heavy (non-hydrogen) atoms. The van der Waals surface area contributed by atoms with E-state index in [0.717, 1.165) is 12.8 Å². The van der Waals surface area contributed by atoms with Crippen LogP contribution in [0.2, 0.25) is 0 Å². The Labute approximate surface area is 114 Å². The number of phosphoric acid groups is 1. The lowest BCUT2D eigenvalue weighted by molar-refractivity contribution is -0.126. The molecule has 0 fully saturated rings. The molecule has 6 nitrogen and oxygen atoms in total. The third-order valence-electron chi connectivity index (χ3n) is 2.33. The lowest BCUT2D eigenvalue weighted by atomic mass is 10.2. The number of phosphoric ester groups is 1. The van der Waals surface area contributed by atoms with E-state index < -0.39 is 7.82 Å². The number of rotatable bonds is 10. The molecule has 110 valence electrons. The maximum Gasteiger partial charge on any atom is 0.469 e. The average Bonchev–Trinajstić information content (AvgIpc) is 2.29. The van der Waals surface area contributed by atoms with Crippen LogP contribution >= 0.6 is 7.82 Å². The first-order valence-electron chi connectivity index (χ1n) is 6.03. The van der Waals surface area contributed by atoms with Crippen LogP contribution in [0.15, 0.2) is 24.8 Å². The Bertz CT molecular complexity index is 363. The van der Waals surface area contributed by atoms with Gasteiger partial charge in [-0.05, 0) is 26.2 Å². The van der Waals surface area contributed by atoms with Crippen LogP contribution in [0.5, 0.6) is 0 Å². The van der Waals surface area contributed by atoms with Crippen molar-refractivity contribution in [3.63, 3.8) is 0 Å². The van der Waals surface area contributed by atoms with Crippen molar-refractivity contribution < 1.29 is 23.7 Å². The third-order valence-corrected chi connectivity index (χ3v) is 2.85. The Morgan fingerprint density at radius 1 is 1.37 bits per heavy atom. The van der Waals surface area contributed by atoms with E-state index in [1.807, 2.05) is 0 Å². The average molecular weight is 291 g/mol. The van der Waals surface area contributed by atoms with Gasteiger partial charge in [0.15, 0.2) is 0 Å². The monoisotopic (exact) mass is 291 g/mol. The van der Waals surface area contributed by atoms with Gasteiger partial charge in [-0.25, -0.2) is 4.57 Å². The van der Waals surface area contributed by atoms with E-state index >= 15 is 0 Å². The number of amides is 1. The molecule has 0 radical (unpaired) electrons. The molecule has 0 heterocycles. The van der Waals surface area contributed by atoms with Gasteiger partial charge in [-0.3, -0.25) is 9.32 Å². The van der Waals surface area contributed by atoms with Crippen LogP contribution in [-0.4, -0.2) is 40.3 Å². The Morgan fingerprint density at radius 2 is 2.00 bits per heavy atom. The van der Waals surface area contributed by atoms with Gasteiger partial charge in [0, 0.05) is 18.7 Å². The number of carbonyl (C=O) groups is 1. The van der Waals surface area contributed by atoms with Crippen molar-refractivity contribution in [3.8, 4) is 0 Å². The predicted molar refractivity (Wildman–Crippen MR) is 73.4 cm³/mol. The van der Waals surface area contributed by atoms with E-state index in [9.17, 15) is 9.36 Å². The molecule has 0 aromatic rings. The van der Waals surface area contributed by atoms with Crippen molar-refractivity contribution in [3.05, 3.63) is 24.8 Å². The fraction of sp³-hybridized carbons (Fsp3) is 0.583. The van der Waals surface area contributed by atoms with E-state index in [1.165, 1.54) is 0 Å². The van der Waals surface area contributed by atoms with Crippen molar-refractivity contribution in [2.75, 3.05) is 19.7 Å². The molecule has 7 heteroatoms. The second-order valence-electron chi connectivity index (χ2n) is 4.20. The van der Waals surface area contributed by atoms with E-state index in [1.54, 1.807) is 17.9 Å². The molecule has 0 aromatic heterocycles. The molecule has 1 amide bonds. The highest BCUT2D eigenvalue weighted by molar-refractivity contribution is 7.46. The Balaban J connectivity index is 3.88. The standard InChI is InChI=1S/C12H22NO5P/c1-4-8-13(12(14)11(2)3)9-6-5-7-10-18-19(15,16)17/h4H,1-2,5-10H2,3H3,(H2,15,16,17).